The lowest BCUT2D eigenvalue weighted by Gasteiger charge is -2.24. The molecule has 1 aliphatic carbocycles. The third-order valence-electron chi connectivity index (χ3n) is 4.57. The first-order valence-electron chi connectivity index (χ1n) is 7.85. The molecular formula is C20H14Cl2O2S. The molecule has 126 valence electrons. The molecule has 1 unspecified atom stereocenters. The molecule has 0 radical (unpaired) electrons. The van der Waals surface area contributed by atoms with Crippen LogP contribution < -0.4 is 0 Å². The van der Waals surface area contributed by atoms with E-state index in [0.717, 1.165) is 21.9 Å². The molecule has 0 spiro atoms. The minimum Gasteiger partial charge on any atom is -0.223 e. The Kier molecular flexibility index (Phi) is 4.11. The highest BCUT2D eigenvalue weighted by Crippen LogP contribution is 2.42. The maximum atomic E-state index is 13.3. The van der Waals surface area contributed by atoms with E-state index in [-0.39, 0.29) is 9.92 Å². The summed E-state index contributed by atoms with van der Waals surface area (Å²) >= 11 is 12.0. The number of benzene rings is 3. The van der Waals surface area contributed by atoms with Crippen molar-refractivity contribution < 1.29 is 8.42 Å². The number of hydrogen-bond donors (Lipinski definition) is 0. The van der Waals surface area contributed by atoms with E-state index in [2.05, 4.69) is 0 Å². The molecule has 0 N–H and O–H groups in total. The van der Waals surface area contributed by atoms with Crippen molar-refractivity contribution in [1.82, 2.24) is 0 Å². The standard InChI is InChI=1S/C20H14Cl2O2S/c21-17-11-10-15(12-18(17)22)25(23,24)19-7-3-5-14-9-8-13-4-1-2-6-16(13)20(14)19/h1-6,8-12,19H,7H2. The maximum Gasteiger partial charge on any atom is 0.185 e. The summed E-state index contributed by atoms with van der Waals surface area (Å²) in [6, 6.07) is 16.3. The Morgan fingerprint density at radius 1 is 0.920 bits per heavy atom. The van der Waals surface area contributed by atoms with Gasteiger partial charge in [0.2, 0.25) is 0 Å². The van der Waals surface area contributed by atoms with Crippen LogP contribution in [0.25, 0.3) is 16.8 Å². The fourth-order valence-electron chi connectivity index (χ4n) is 3.35. The molecule has 0 saturated carbocycles. The average molecular weight is 389 g/mol. The van der Waals surface area contributed by atoms with Crippen LogP contribution in [0, 0.1) is 0 Å². The van der Waals surface area contributed by atoms with Crippen molar-refractivity contribution in [2.45, 2.75) is 16.6 Å². The molecule has 0 bridgehead atoms. The molecule has 5 heteroatoms. The average Bonchev–Trinajstić information content (AvgIpc) is 2.63. The molecule has 0 aromatic heterocycles. The van der Waals surface area contributed by atoms with Gasteiger partial charge in [-0.1, -0.05) is 71.8 Å². The summed E-state index contributed by atoms with van der Waals surface area (Å²) in [5, 5.41) is 1.95. The molecule has 0 aliphatic heterocycles. The summed E-state index contributed by atoms with van der Waals surface area (Å²) < 4.78 is 26.6. The predicted molar refractivity (Wildman–Crippen MR) is 104 cm³/mol. The Morgan fingerprint density at radius 3 is 2.52 bits per heavy atom. The van der Waals surface area contributed by atoms with Crippen molar-refractivity contribution >= 4 is 49.9 Å². The predicted octanol–water partition coefficient (Wildman–Crippen LogP) is 6.08. The molecular weight excluding hydrogens is 375 g/mol. The lowest BCUT2D eigenvalue weighted by atomic mass is 9.91. The van der Waals surface area contributed by atoms with Gasteiger partial charge in [0, 0.05) is 0 Å². The number of rotatable bonds is 2. The van der Waals surface area contributed by atoms with Gasteiger partial charge in [-0.25, -0.2) is 8.42 Å². The van der Waals surface area contributed by atoms with E-state index < -0.39 is 15.1 Å². The molecule has 25 heavy (non-hydrogen) atoms. The quantitative estimate of drug-likeness (QED) is 0.532. The van der Waals surface area contributed by atoms with Crippen molar-refractivity contribution in [3.05, 3.63) is 81.8 Å². The van der Waals surface area contributed by atoms with Crippen LogP contribution in [0.4, 0.5) is 0 Å². The zero-order valence-corrected chi connectivity index (χ0v) is 15.4. The van der Waals surface area contributed by atoms with Crippen molar-refractivity contribution in [1.29, 1.82) is 0 Å². The maximum absolute atomic E-state index is 13.3. The molecule has 0 heterocycles. The summed E-state index contributed by atoms with van der Waals surface area (Å²) in [5.41, 5.74) is 1.80. The van der Waals surface area contributed by atoms with Crippen LogP contribution in [0.3, 0.4) is 0 Å². The largest absolute Gasteiger partial charge is 0.223 e. The highest BCUT2D eigenvalue weighted by Gasteiger charge is 2.33. The van der Waals surface area contributed by atoms with Crippen LogP contribution in [0.5, 0.6) is 0 Å². The molecule has 2 nitrogen and oxygen atoms in total. The highest BCUT2D eigenvalue weighted by atomic mass is 35.5. The normalized spacial score (nSPS) is 16.8. The Morgan fingerprint density at radius 2 is 1.72 bits per heavy atom. The van der Waals surface area contributed by atoms with Crippen LogP contribution in [-0.2, 0) is 9.84 Å². The van der Waals surface area contributed by atoms with E-state index in [1.165, 1.54) is 18.2 Å². The zero-order chi connectivity index (χ0) is 17.6. The van der Waals surface area contributed by atoms with Crippen molar-refractivity contribution in [3.63, 3.8) is 0 Å². The Hall–Kier alpha value is -1.81. The minimum absolute atomic E-state index is 0.195. The van der Waals surface area contributed by atoms with Gasteiger partial charge in [-0.3, -0.25) is 0 Å². The number of allylic oxidation sites excluding steroid dienone is 1. The first-order valence-corrected chi connectivity index (χ1v) is 10.2. The van der Waals surface area contributed by atoms with Gasteiger partial charge in [0.05, 0.1) is 20.2 Å². The number of sulfone groups is 1. The lowest BCUT2D eigenvalue weighted by molar-refractivity contribution is 0.582. The summed E-state index contributed by atoms with van der Waals surface area (Å²) in [7, 11) is -3.60. The van der Waals surface area contributed by atoms with Crippen LogP contribution in [0.1, 0.15) is 22.8 Å². The summed E-state index contributed by atoms with van der Waals surface area (Å²) in [6.07, 6.45) is 4.34. The molecule has 3 aromatic rings. The fourth-order valence-corrected chi connectivity index (χ4v) is 5.52. The first kappa shape index (κ1) is 16.6. The Bertz CT molecular complexity index is 1120. The molecule has 1 atom stereocenters. The molecule has 4 rings (SSSR count). The van der Waals surface area contributed by atoms with Crippen molar-refractivity contribution in [2.75, 3.05) is 0 Å². The van der Waals surface area contributed by atoms with Crippen molar-refractivity contribution in [3.8, 4) is 0 Å². The Balaban J connectivity index is 1.95. The van der Waals surface area contributed by atoms with E-state index in [0.29, 0.717) is 11.4 Å². The topological polar surface area (TPSA) is 34.1 Å². The second-order valence-corrected chi connectivity index (χ2v) is 8.98. The second-order valence-electron chi connectivity index (χ2n) is 6.04. The third-order valence-corrected chi connectivity index (χ3v) is 7.40. The second kappa shape index (κ2) is 6.17. The smallest absolute Gasteiger partial charge is 0.185 e. The minimum atomic E-state index is -3.60. The highest BCUT2D eigenvalue weighted by molar-refractivity contribution is 7.91. The molecule has 0 fully saturated rings. The zero-order valence-electron chi connectivity index (χ0n) is 13.1. The Labute approximate surface area is 156 Å². The molecule has 3 aromatic carbocycles. The molecule has 0 saturated heterocycles. The number of hydrogen-bond acceptors (Lipinski definition) is 2. The lowest BCUT2D eigenvalue weighted by Crippen LogP contribution is -2.16. The van der Waals surface area contributed by atoms with E-state index >= 15 is 0 Å². The van der Waals surface area contributed by atoms with Crippen LogP contribution in [0.2, 0.25) is 10.0 Å². The van der Waals surface area contributed by atoms with Crippen LogP contribution >= 0.6 is 23.2 Å². The van der Waals surface area contributed by atoms with Gasteiger partial charge in [-0.15, -0.1) is 0 Å². The number of fused-ring (bicyclic) bond motifs is 3. The van der Waals surface area contributed by atoms with Gasteiger partial charge < -0.3 is 0 Å². The number of halogens is 2. The van der Waals surface area contributed by atoms with E-state index in [4.69, 9.17) is 23.2 Å². The summed E-state index contributed by atoms with van der Waals surface area (Å²) in [4.78, 5) is 0.195. The van der Waals surface area contributed by atoms with E-state index in [1.807, 2.05) is 48.6 Å². The third kappa shape index (κ3) is 2.77. The monoisotopic (exact) mass is 388 g/mol. The fraction of sp³-hybridized carbons (Fsp3) is 0.100. The van der Waals surface area contributed by atoms with Gasteiger partial charge >= 0.3 is 0 Å². The van der Waals surface area contributed by atoms with Crippen LogP contribution in [0.15, 0.2) is 65.6 Å². The van der Waals surface area contributed by atoms with E-state index in [1.54, 1.807) is 0 Å². The van der Waals surface area contributed by atoms with E-state index in [9.17, 15) is 8.42 Å². The molecule has 1 aliphatic rings. The van der Waals surface area contributed by atoms with Crippen molar-refractivity contribution in [2.24, 2.45) is 0 Å². The van der Waals surface area contributed by atoms with Gasteiger partial charge in [0.15, 0.2) is 9.84 Å². The van der Waals surface area contributed by atoms with Gasteiger partial charge in [-0.05, 0) is 46.5 Å². The van der Waals surface area contributed by atoms with Gasteiger partial charge in [-0.2, -0.15) is 0 Å². The summed E-state index contributed by atoms with van der Waals surface area (Å²) in [6.45, 7) is 0. The first-order chi connectivity index (χ1) is 12.0. The SMILES string of the molecule is O=S(=O)(c1ccc(Cl)c(Cl)c1)C1CC=Cc2ccc3ccccc3c21. The van der Waals surface area contributed by atoms with Crippen LogP contribution in [-0.4, -0.2) is 8.42 Å². The van der Waals surface area contributed by atoms with Gasteiger partial charge in [0.25, 0.3) is 0 Å². The summed E-state index contributed by atoms with van der Waals surface area (Å²) in [5.74, 6) is 0. The molecule has 0 amide bonds. The van der Waals surface area contributed by atoms with Gasteiger partial charge in [0.1, 0.15) is 0 Å².